The number of aryl methyl sites for hydroxylation is 1. The van der Waals surface area contributed by atoms with Crippen molar-refractivity contribution in [2.75, 3.05) is 20.3 Å². The minimum atomic E-state index is -3.74. The zero-order chi connectivity index (χ0) is 18.3. The van der Waals surface area contributed by atoms with Gasteiger partial charge in [-0.15, -0.1) is 0 Å². The Morgan fingerprint density at radius 3 is 2.69 bits per heavy atom. The number of aliphatic imine (C=N–C) groups is 1. The van der Waals surface area contributed by atoms with Crippen molar-refractivity contribution in [2.24, 2.45) is 4.99 Å². The minimum Gasteiger partial charge on any atom is -0.493 e. The van der Waals surface area contributed by atoms with E-state index in [4.69, 9.17) is 9.47 Å². The maximum Gasteiger partial charge on any atom is 0.268 e. The van der Waals surface area contributed by atoms with Crippen LogP contribution in [0.2, 0.25) is 0 Å². The lowest BCUT2D eigenvalue weighted by molar-refractivity contribution is 0.305. The van der Waals surface area contributed by atoms with Crippen LogP contribution in [0.15, 0.2) is 52.4 Å². The van der Waals surface area contributed by atoms with E-state index in [1.165, 1.54) is 3.97 Å². The summed E-state index contributed by atoms with van der Waals surface area (Å²) in [6, 6.07) is 11.9. The fourth-order valence-corrected chi connectivity index (χ4v) is 4.79. The van der Waals surface area contributed by atoms with Crippen LogP contribution >= 0.6 is 0 Å². The first-order valence-corrected chi connectivity index (χ1v) is 9.64. The van der Waals surface area contributed by atoms with Crippen LogP contribution in [0.25, 0.3) is 10.9 Å². The molecule has 2 heterocycles. The van der Waals surface area contributed by atoms with Crippen LogP contribution in [0.4, 0.5) is 0 Å². The second-order valence-corrected chi connectivity index (χ2v) is 7.79. The number of ether oxygens (including phenoxy) is 2. The molecule has 6 nitrogen and oxygen atoms in total. The lowest BCUT2D eigenvalue weighted by atomic mass is 10.1. The highest BCUT2D eigenvalue weighted by molar-refractivity contribution is 7.90. The fraction of sp³-hybridized carbons (Fsp3) is 0.211. The van der Waals surface area contributed by atoms with Gasteiger partial charge in [-0.05, 0) is 25.1 Å². The molecule has 0 bridgehead atoms. The first kappa shape index (κ1) is 16.7. The molecule has 0 atom stereocenters. The van der Waals surface area contributed by atoms with E-state index < -0.39 is 10.0 Å². The van der Waals surface area contributed by atoms with Gasteiger partial charge in [-0.2, -0.15) is 0 Å². The third kappa shape index (κ3) is 2.47. The third-order valence-electron chi connectivity index (χ3n) is 4.38. The van der Waals surface area contributed by atoms with Gasteiger partial charge in [-0.3, -0.25) is 4.99 Å². The largest absolute Gasteiger partial charge is 0.493 e. The van der Waals surface area contributed by atoms with Crippen LogP contribution in [-0.4, -0.2) is 38.9 Å². The molecule has 7 heteroatoms. The van der Waals surface area contributed by atoms with Gasteiger partial charge in [-0.25, -0.2) is 12.4 Å². The molecule has 0 fully saturated rings. The Labute approximate surface area is 151 Å². The highest BCUT2D eigenvalue weighted by atomic mass is 32.2. The molecule has 0 amide bonds. The fourth-order valence-electron chi connectivity index (χ4n) is 3.24. The average molecular weight is 370 g/mol. The number of hydrogen-bond donors (Lipinski definition) is 0. The van der Waals surface area contributed by atoms with Crippen LogP contribution in [0.1, 0.15) is 11.3 Å². The summed E-state index contributed by atoms with van der Waals surface area (Å²) in [5.74, 6) is 1.08. The van der Waals surface area contributed by atoms with E-state index in [0.29, 0.717) is 35.9 Å². The van der Waals surface area contributed by atoms with E-state index in [-0.39, 0.29) is 4.90 Å². The van der Waals surface area contributed by atoms with Crippen molar-refractivity contribution in [3.8, 4) is 11.5 Å². The Morgan fingerprint density at radius 2 is 1.96 bits per heavy atom. The summed E-state index contributed by atoms with van der Waals surface area (Å²) in [4.78, 5) is 4.57. The number of hydrogen-bond acceptors (Lipinski definition) is 5. The molecule has 1 aromatic heterocycles. The number of benzene rings is 2. The topological polar surface area (TPSA) is 69.9 Å². The van der Waals surface area contributed by atoms with Crippen LogP contribution in [0.5, 0.6) is 11.5 Å². The highest BCUT2D eigenvalue weighted by Crippen LogP contribution is 2.39. The van der Waals surface area contributed by atoms with Gasteiger partial charge in [0.1, 0.15) is 6.61 Å². The first-order valence-electron chi connectivity index (χ1n) is 8.20. The quantitative estimate of drug-likeness (QED) is 0.711. The Balaban J connectivity index is 2.07. The molecule has 26 heavy (non-hydrogen) atoms. The Hall–Kier alpha value is -2.80. The predicted octanol–water partition coefficient (Wildman–Crippen LogP) is 3.01. The van der Waals surface area contributed by atoms with Crippen LogP contribution in [0.3, 0.4) is 0 Å². The number of aromatic nitrogens is 1. The molecule has 2 aromatic carbocycles. The maximum absolute atomic E-state index is 13.2. The van der Waals surface area contributed by atoms with Crippen LogP contribution in [-0.2, 0) is 10.0 Å². The van der Waals surface area contributed by atoms with E-state index in [1.54, 1.807) is 56.6 Å². The molecule has 0 saturated carbocycles. The predicted molar refractivity (Wildman–Crippen MR) is 100 cm³/mol. The van der Waals surface area contributed by atoms with E-state index >= 15 is 0 Å². The van der Waals surface area contributed by atoms with Crippen molar-refractivity contribution in [2.45, 2.75) is 11.8 Å². The minimum absolute atomic E-state index is 0.236. The number of rotatable bonds is 3. The van der Waals surface area contributed by atoms with Crippen molar-refractivity contribution in [1.29, 1.82) is 0 Å². The zero-order valence-electron chi connectivity index (χ0n) is 14.5. The summed E-state index contributed by atoms with van der Waals surface area (Å²) >= 11 is 0. The molecule has 1 aliphatic rings. The molecule has 4 rings (SSSR count). The van der Waals surface area contributed by atoms with E-state index in [1.807, 2.05) is 6.07 Å². The van der Waals surface area contributed by atoms with Gasteiger partial charge in [0.25, 0.3) is 10.0 Å². The van der Waals surface area contributed by atoms with Gasteiger partial charge in [0, 0.05) is 28.9 Å². The number of nitrogens with zero attached hydrogens (tertiary/aromatic N) is 2. The molecular weight excluding hydrogens is 352 g/mol. The Kier molecular flexibility index (Phi) is 3.96. The average Bonchev–Trinajstić information content (AvgIpc) is 2.82. The van der Waals surface area contributed by atoms with Crippen molar-refractivity contribution in [3.05, 3.63) is 53.7 Å². The molecule has 134 valence electrons. The first-order chi connectivity index (χ1) is 12.5. The molecule has 0 N–H and O–H groups in total. The second kappa shape index (κ2) is 6.17. The van der Waals surface area contributed by atoms with Gasteiger partial charge < -0.3 is 9.47 Å². The normalized spacial score (nSPS) is 13.9. The van der Waals surface area contributed by atoms with Gasteiger partial charge >= 0.3 is 0 Å². The summed E-state index contributed by atoms with van der Waals surface area (Å²) in [7, 11) is -2.20. The van der Waals surface area contributed by atoms with Gasteiger partial charge in [-0.1, -0.05) is 18.2 Å². The van der Waals surface area contributed by atoms with E-state index in [9.17, 15) is 8.42 Å². The molecule has 3 aromatic rings. The standard InChI is InChI=1S/C19H18N2O4S/c1-13-10-15-16-12-20-8-9-25-19(16)18(24-2)11-17(15)21(13)26(22,23)14-6-4-3-5-7-14/h3-7,10-12H,8-9H2,1-2H3. The summed E-state index contributed by atoms with van der Waals surface area (Å²) in [6.07, 6.45) is 1.73. The Morgan fingerprint density at radius 1 is 1.19 bits per heavy atom. The van der Waals surface area contributed by atoms with Crippen LogP contribution < -0.4 is 9.47 Å². The molecule has 1 aliphatic heterocycles. The van der Waals surface area contributed by atoms with Gasteiger partial charge in [0.2, 0.25) is 0 Å². The molecule has 0 radical (unpaired) electrons. The maximum atomic E-state index is 13.2. The second-order valence-electron chi connectivity index (χ2n) is 6.01. The third-order valence-corrected chi connectivity index (χ3v) is 6.22. The van der Waals surface area contributed by atoms with Crippen molar-refractivity contribution in [1.82, 2.24) is 3.97 Å². The summed E-state index contributed by atoms with van der Waals surface area (Å²) < 4.78 is 39.0. The Bertz CT molecular complexity index is 1120. The lowest BCUT2D eigenvalue weighted by Gasteiger charge is -2.14. The summed E-state index contributed by atoms with van der Waals surface area (Å²) in [6.45, 7) is 2.77. The highest BCUT2D eigenvalue weighted by Gasteiger charge is 2.25. The summed E-state index contributed by atoms with van der Waals surface area (Å²) in [5.41, 5.74) is 1.89. The van der Waals surface area contributed by atoms with Crippen molar-refractivity contribution >= 4 is 27.1 Å². The number of methoxy groups -OCH3 is 1. The molecular formula is C19H18N2O4S. The lowest BCUT2D eigenvalue weighted by Crippen LogP contribution is -2.14. The monoisotopic (exact) mass is 370 g/mol. The smallest absolute Gasteiger partial charge is 0.268 e. The number of fused-ring (bicyclic) bond motifs is 3. The van der Waals surface area contributed by atoms with E-state index in [0.717, 1.165) is 10.9 Å². The van der Waals surface area contributed by atoms with E-state index in [2.05, 4.69) is 4.99 Å². The summed E-state index contributed by atoms with van der Waals surface area (Å²) in [5, 5.41) is 0.767. The molecule has 0 spiro atoms. The molecule has 0 saturated heterocycles. The van der Waals surface area contributed by atoms with Crippen molar-refractivity contribution < 1.29 is 17.9 Å². The van der Waals surface area contributed by atoms with Gasteiger partial charge in [0.15, 0.2) is 11.5 Å². The van der Waals surface area contributed by atoms with Crippen molar-refractivity contribution in [3.63, 3.8) is 0 Å². The molecule has 0 unspecified atom stereocenters. The zero-order valence-corrected chi connectivity index (χ0v) is 15.3. The van der Waals surface area contributed by atoms with Gasteiger partial charge in [0.05, 0.1) is 24.1 Å². The molecule has 0 aliphatic carbocycles. The van der Waals surface area contributed by atoms with Crippen LogP contribution in [0, 0.1) is 6.92 Å². The SMILES string of the molecule is COc1cc2c(cc(C)n2S(=O)(=O)c2ccccc2)c2c1OCCN=C2.